The summed E-state index contributed by atoms with van der Waals surface area (Å²) in [6.07, 6.45) is 3.46. The molecule has 0 fully saturated rings. The van der Waals surface area contributed by atoms with Crippen LogP contribution in [0.1, 0.15) is 25.5 Å². The van der Waals surface area contributed by atoms with Crippen molar-refractivity contribution in [3.05, 3.63) is 41.5 Å². The third kappa shape index (κ3) is 1.82. The zero-order valence-electron chi connectivity index (χ0n) is 7.36. The minimum atomic E-state index is -0.0204. The Morgan fingerprint density at radius 1 is 1.33 bits per heavy atom. The largest absolute Gasteiger partial charge is 0.308 e. The Hall–Kier alpha value is -1.36. The summed E-state index contributed by atoms with van der Waals surface area (Å²) < 4.78 is 0. The van der Waals surface area contributed by atoms with Gasteiger partial charge in [0, 0.05) is 23.9 Å². The highest BCUT2D eigenvalue weighted by Crippen LogP contribution is 2.24. The van der Waals surface area contributed by atoms with Crippen LogP contribution in [-0.2, 0) is 0 Å². The number of hydrogen-bond acceptors (Lipinski definition) is 1. The van der Waals surface area contributed by atoms with Crippen molar-refractivity contribution in [3.8, 4) is 0 Å². The second-order valence-corrected chi connectivity index (χ2v) is 3.10. The molecule has 62 valence electrons. The van der Waals surface area contributed by atoms with Crippen molar-refractivity contribution in [2.24, 2.45) is 5.92 Å². The van der Waals surface area contributed by atoms with Crippen LogP contribution in [0.25, 0.3) is 4.85 Å². The normalized spacial score (nSPS) is 12.5. The van der Waals surface area contributed by atoms with E-state index in [1.165, 1.54) is 0 Å². The van der Waals surface area contributed by atoms with Gasteiger partial charge in [-0.15, -0.1) is 0 Å². The predicted molar refractivity (Wildman–Crippen MR) is 48.4 cm³/mol. The second kappa shape index (κ2) is 3.87. The first-order valence-electron chi connectivity index (χ1n) is 4.02. The Morgan fingerprint density at radius 2 is 1.92 bits per heavy atom. The van der Waals surface area contributed by atoms with Crippen molar-refractivity contribution >= 4 is 0 Å². The number of nitrogens with zero attached hydrogens (tertiary/aromatic N) is 2. The van der Waals surface area contributed by atoms with E-state index in [4.69, 9.17) is 6.57 Å². The lowest BCUT2D eigenvalue weighted by Gasteiger charge is -2.07. The first kappa shape index (κ1) is 8.73. The number of rotatable bonds is 2. The molecule has 0 N–H and O–H groups in total. The highest BCUT2D eigenvalue weighted by Gasteiger charge is 2.19. The quantitative estimate of drug-likeness (QED) is 0.608. The molecule has 0 amide bonds. The molecule has 2 heteroatoms. The van der Waals surface area contributed by atoms with Gasteiger partial charge in [0.25, 0.3) is 6.04 Å². The Morgan fingerprint density at radius 3 is 2.33 bits per heavy atom. The lowest BCUT2D eigenvalue weighted by atomic mass is 9.98. The molecule has 0 radical (unpaired) electrons. The molecule has 2 nitrogen and oxygen atoms in total. The van der Waals surface area contributed by atoms with Crippen molar-refractivity contribution in [3.63, 3.8) is 0 Å². The molecule has 0 saturated carbocycles. The van der Waals surface area contributed by atoms with Crippen molar-refractivity contribution in [1.29, 1.82) is 0 Å². The van der Waals surface area contributed by atoms with Gasteiger partial charge in [0.2, 0.25) is 0 Å². The monoisotopic (exact) mass is 160 g/mol. The van der Waals surface area contributed by atoms with Crippen molar-refractivity contribution in [2.45, 2.75) is 19.9 Å². The second-order valence-electron chi connectivity index (χ2n) is 3.10. The van der Waals surface area contributed by atoms with Gasteiger partial charge in [-0.3, -0.25) is 4.98 Å². The SMILES string of the molecule is [C-]#[N+]C(c1ccncc1)C(C)C. The Kier molecular flexibility index (Phi) is 2.82. The van der Waals surface area contributed by atoms with E-state index in [2.05, 4.69) is 23.7 Å². The van der Waals surface area contributed by atoms with Crippen molar-refractivity contribution < 1.29 is 0 Å². The predicted octanol–water partition coefficient (Wildman–Crippen LogP) is 2.70. The summed E-state index contributed by atoms with van der Waals surface area (Å²) in [5.74, 6) is 0.366. The minimum absolute atomic E-state index is 0.0204. The van der Waals surface area contributed by atoms with Gasteiger partial charge in [0.15, 0.2) is 0 Å². The summed E-state index contributed by atoms with van der Waals surface area (Å²) in [5, 5.41) is 0. The molecule has 1 unspecified atom stereocenters. The zero-order chi connectivity index (χ0) is 8.97. The summed E-state index contributed by atoms with van der Waals surface area (Å²) in [6, 6.07) is 3.79. The Labute approximate surface area is 73.1 Å². The third-order valence-electron chi connectivity index (χ3n) is 1.82. The van der Waals surface area contributed by atoms with Gasteiger partial charge in [-0.05, 0) is 12.1 Å². The molecule has 1 aromatic heterocycles. The molecular weight excluding hydrogens is 148 g/mol. The maximum atomic E-state index is 7.03. The first-order valence-corrected chi connectivity index (χ1v) is 4.02. The summed E-state index contributed by atoms with van der Waals surface area (Å²) in [7, 11) is 0. The van der Waals surface area contributed by atoms with Crippen LogP contribution in [0.4, 0.5) is 0 Å². The summed E-state index contributed by atoms with van der Waals surface area (Å²) in [6.45, 7) is 11.1. The van der Waals surface area contributed by atoms with Crippen LogP contribution in [0.5, 0.6) is 0 Å². The number of aromatic nitrogens is 1. The zero-order valence-corrected chi connectivity index (χ0v) is 7.36. The van der Waals surface area contributed by atoms with Gasteiger partial charge >= 0.3 is 0 Å². The van der Waals surface area contributed by atoms with E-state index in [0.29, 0.717) is 5.92 Å². The molecule has 0 spiro atoms. The summed E-state index contributed by atoms with van der Waals surface area (Å²) >= 11 is 0. The first-order chi connectivity index (χ1) is 5.75. The Balaban J connectivity index is 2.90. The van der Waals surface area contributed by atoms with Crippen LogP contribution in [0, 0.1) is 12.5 Å². The third-order valence-corrected chi connectivity index (χ3v) is 1.82. The van der Waals surface area contributed by atoms with E-state index < -0.39 is 0 Å². The minimum Gasteiger partial charge on any atom is -0.308 e. The standard InChI is InChI=1S/C10H12N2/c1-8(2)10(11-3)9-4-6-12-7-5-9/h4-8,10H,1-2H3. The molecule has 1 aromatic rings. The maximum absolute atomic E-state index is 7.03. The number of pyridine rings is 1. The molecule has 12 heavy (non-hydrogen) atoms. The van der Waals surface area contributed by atoms with Crippen molar-refractivity contribution in [2.75, 3.05) is 0 Å². The van der Waals surface area contributed by atoms with E-state index in [-0.39, 0.29) is 6.04 Å². The van der Waals surface area contributed by atoms with E-state index in [0.717, 1.165) is 5.56 Å². The summed E-state index contributed by atoms with van der Waals surface area (Å²) in [5.41, 5.74) is 1.06. The number of hydrogen-bond donors (Lipinski definition) is 0. The molecule has 1 heterocycles. The van der Waals surface area contributed by atoms with Crippen LogP contribution >= 0.6 is 0 Å². The average molecular weight is 160 g/mol. The fourth-order valence-corrected chi connectivity index (χ4v) is 1.17. The van der Waals surface area contributed by atoms with Gasteiger partial charge in [-0.2, -0.15) is 0 Å². The topological polar surface area (TPSA) is 17.2 Å². The average Bonchev–Trinajstić information content (AvgIpc) is 2.07. The van der Waals surface area contributed by atoms with Crippen LogP contribution in [0.3, 0.4) is 0 Å². The van der Waals surface area contributed by atoms with E-state index in [1.54, 1.807) is 12.4 Å². The smallest absolute Gasteiger partial charge is 0.251 e. The van der Waals surface area contributed by atoms with E-state index in [1.807, 2.05) is 12.1 Å². The fourth-order valence-electron chi connectivity index (χ4n) is 1.17. The van der Waals surface area contributed by atoms with Gasteiger partial charge in [-0.25, -0.2) is 6.57 Å². The fraction of sp³-hybridized carbons (Fsp3) is 0.400. The van der Waals surface area contributed by atoms with E-state index >= 15 is 0 Å². The van der Waals surface area contributed by atoms with Crippen molar-refractivity contribution in [1.82, 2.24) is 4.98 Å². The highest BCUT2D eigenvalue weighted by molar-refractivity contribution is 5.18. The van der Waals surface area contributed by atoms with Gasteiger partial charge in [0.1, 0.15) is 0 Å². The molecule has 0 bridgehead atoms. The van der Waals surface area contributed by atoms with Crippen LogP contribution in [0.15, 0.2) is 24.5 Å². The lowest BCUT2D eigenvalue weighted by Crippen LogP contribution is -2.01. The molecule has 0 aliphatic heterocycles. The van der Waals surface area contributed by atoms with Crippen LogP contribution < -0.4 is 0 Å². The van der Waals surface area contributed by atoms with Gasteiger partial charge in [-0.1, -0.05) is 13.8 Å². The van der Waals surface area contributed by atoms with E-state index in [9.17, 15) is 0 Å². The molecular formula is C10H12N2. The lowest BCUT2D eigenvalue weighted by molar-refractivity contribution is 0.574. The van der Waals surface area contributed by atoms with Gasteiger partial charge in [0.05, 0.1) is 0 Å². The molecule has 0 aliphatic carbocycles. The summed E-state index contributed by atoms with van der Waals surface area (Å²) in [4.78, 5) is 7.50. The molecule has 1 atom stereocenters. The highest BCUT2D eigenvalue weighted by atomic mass is 14.7. The Bertz CT molecular complexity index is 272. The molecule has 0 aliphatic rings. The molecule has 0 aromatic carbocycles. The maximum Gasteiger partial charge on any atom is 0.251 e. The molecule has 0 saturated heterocycles. The molecule has 1 rings (SSSR count). The van der Waals surface area contributed by atoms with Gasteiger partial charge < -0.3 is 4.85 Å². The van der Waals surface area contributed by atoms with Crippen LogP contribution in [-0.4, -0.2) is 4.98 Å². The van der Waals surface area contributed by atoms with Crippen LogP contribution in [0.2, 0.25) is 0 Å².